The third kappa shape index (κ3) is 3.60. The number of ether oxygens (including phenoxy) is 1. The molecule has 0 aliphatic rings. The van der Waals surface area contributed by atoms with Crippen LogP contribution in [0, 0.1) is 0 Å². The summed E-state index contributed by atoms with van der Waals surface area (Å²) in [4.78, 5) is 11.0. The van der Waals surface area contributed by atoms with Crippen LogP contribution in [0.5, 0.6) is 0 Å². The fourth-order valence-corrected chi connectivity index (χ4v) is 2.10. The highest BCUT2D eigenvalue weighted by Crippen LogP contribution is 2.19. The normalized spacial score (nSPS) is 11.9. The fraction of sp³-hybridized carbons (Fsp3) is 0.357. The van der Waals surface area contributed by atoms with E-state index in [1.54, 1.807) is 12.1 Å². The maximum Gasteiger partial charge on any atom is 0.411 e. The van der Waals surface area contributed by atoms with Gasteiger partial charge in [0, 0.05) is 30.3 Å². The van der Waals surface area contributed by atoms with Crippen LogP contribution in [0.25, 0.3) is 10.9 Å². The lowest BCUT2D eigenvalue weighted by Gasteiger charge is -2.09. The Kier molecular flexibility index (Phi) is 4.44. The van der Waals surface area contributed by atoms with Crippen LogP contribution in [-0.2, 0) is 11.3 Å². The number of carbonyl (C=O) groups excluding carboxylic acids is 1. The van der Waals surface area contributed by atoms with Crippen molar-refractivity contribution in [2.24, 2.45) is 0 Å². The Hall–Kier alpha value is -1.82. The molecule has 1 aromatic carbocycles. The topological polar surface area (TPSA) is 31.2 Å². The van der Waals surface area contributed by atoms with Gasteiger partial charge in [0.25, 0.3) is 0 Å². The van der Waals surface area contributed by atoms with Gasteiger partial charge in [0.05, 0.1) is 5.52 Å². The maximum absolute atomic E-state index is 11.9. The Balaban J connectivity index is 1.95. The predicted molar refractivity (Wildman–Crippen MR) is 68.8 cm³/mol. The SMILES string of the molecule is O=Cc1cccc2ccn(CCCOCC(F)(F)F)c12. The number of carbonyl (C=O) groups is 1. The molecule has 108 valence electrons. The molecule has 0 aliphatic heterocycles. The van der Waals surface area contributed by atoms with Crippen molar-refractivity contribution in [1.82, 2.24) is 4.57 Å². The molecule has 0 spiro atoms. The quantitative estimate of drug-likeness (QED) is 0.601. The molecule has 1 aromatic heterocycles. The van der Waals surface area contributed by atoms with Crippen molar-refractivity contribution >= 4 is 17.2 Å². The first-order chi connectivity index (χ1) is 9.51. The number of hydrogen-bond donors (Lipinski definition) is 0. The highest BCUT2D eigenvalue weighted by Gasteiger charge is 2.27. The van der Waals surface area contributed by atoms with Gasteiger partial charge in [-0.05, 0) is 18.6 Å². The molecule has 0 atom stereocenters. The van der Waals surface area contributed by atoms with Crippen LogP contribution in [-0.4, -0.2) is 30.2 Å². The third-order valence-corrected chi connectivity index (χ3v) is 2.90. The van der Waals surface area contributed by atoms with E-state index in [2.05, 4.69) is 4.74 Å². The summed E-state index contributed by atoms with van der Waals surface area (Å²) in [7, 11) is 0. The van der Waals surface area contributed by atoms with Gasteiger partial charge >= 0.3 is 6.18 Å². The summed E-state index contributed by atoms with van der Waals surface area (Å²) in [6.45, 7) is -0.687. The van der Waals surface area contributed by atoms with Gasteiger partial charge in [0.1, 0.15) is 6.61 Å². The molecule has 0 N–H and O–H groups in total. The first-order valence-corrected chi connectivity index (χ1v) is 6.19. The van der Waals surface area contributed by atoms with E-state index in [0.717, 1.165) is 17.2 Å². The molecule has 20 heavy (non-hydrogen) atoms. The van der Waals surface area contributed by atoms with Crippen LogP contribution in [0.4, 0.5) is 13.2 Å². The zero-order valence-electron chi connectivity index (χ0n) is 10.7. The van der Waals surface area contributed by atoms with E-state index in [0.29, 0.717) is 18.5 Å². The number of hydrogen-bond acceptors (Lipinski definition) is 2. The van der Waals surface area contributed by atoms with Crippen LogP contribution in [0.1, 0.15) is 16.8 Å². The second kappa shape index (κ2) is 6.09. The fourth-order valence-electron chi connectivity index (χ4n) is 2.10. The summed E-state index contributed by atoms with van der Waals surface area (Å²) in [5, 5.41) is 0.936. The zero-order chi connectivity index (χ0) is 14.6. The predicted octanol–water partition coefficient (Wildman–Crippen LogP) is 3.42. The number of fused-ring (bicyclic) bond motifs is 1. The largest absolute Gasteiger partial charge is 0.411 e. The Morgan fingerprint density at radius 2 is 2.05 bits per heavy atom. The number of halogens is 3. The number of alkyl halides is 3. The average molecular weight is 285 g/mol. The van der Waals surface area contributed by atoms with Gasteiger partial charge in [-0.25, -0.2) is 0 Å². The second-order valence-corrected chi connectivity index (χ2v) is 4.43. The molecular formula is C14H14F3NO2. The number of aryl methyl sites for hydroxylation is 1. The van der Waals surface area contributed by atoms with Crippen molar-refractivity contribution in [3.63, 3.8) is 0 Å². The Bertz CT molecular complexity index is 590. The number of rotatable bonds is 6. The first kappa shape index (κ1) is 14.6. The second-order valence-electron chi connectivity index (χ2n) is 4.43. The van der Waals surface area contributed by atoms with E-state index in [-0.39, 0.29) is 6.61 Å². The lowest BCUT2D eigenvalue weighted by Crippen LogP contribution is -2.17. The summed E-state index contributed by atoms with van der Waals surface area (Å²) >= 11 is 0. The summed E-state index contributed by atoms with van der Waals surface area (Å²) < 4.78 is 42.1. The Morgan fingerprint density at radius 3 is 2.75 bits per heavy atom. The first-order valence-electron chi connectivity index (χ1n) is 6.19. The van der Waals surface area contributed by atoms with Crippen LogP contribution in [0.2, 0.25) is 0 Å². The third-order valence-electron chi connectivity index (χ3n) is 2.90. The van der Waals surface area contributed by atoms with Crippen LogP contribution >= 0.6 is 0 Å². The highest BCUT2D eigenvalue weighted by molar-refractivity contribution is 5.96. The smallest absolute Gasteiger partial charge is 0.372 e. The molecule has 0 fully saturated rings. The summed E-state index contributed by atoms with van der Waals surface area (Å²) in [6.07, 6.45) is -1.24. The van der Waals surface area contributed by atoms with E-state index in [9.17, 15) is 18.0 Å². The van der Waals surface area contributed by atoms with Crippen molar-refractivity contribution < 1.29 is 22.7 Å². The molecule has 0 aliphatic carbocycles. The average Bonchev–Trinajstić information content (AvgIpc) is 2.80. The van der Waals surface area contributed by atoms with Crippen LogP contribution in [0.15, 0.2) is 30.5 Å². The number of nitrogens with zero attached hydrogens (tertiary/aromatic N) is 1. The van der Waals surface area contributed by atoms with E-state index >= 15 is 0 Å². The molecule has 0 bridgehead atoms. The summed E-state index contributed by atoms with van der Waals surface area (Å²) in [5.74, 6) is 0. The molecule has 2 rings (SSSR count). The molecule has 0 unspecified atom stereocenters. The van der Waals surface area contributed by atoms with Crippen molar-refractivity contribution in [3.8, 4) is 0 Å². The molecule has 6 heteroatoms. The standard InChI is InChI=1S/C14H14F3NO2/c15-14(16,17)10-20-8-2-6-18-7-5-11-3-1-4-12(9-19)13(11)18/h1,3-5,7,9H,2,6,8,10H2. The number of aldehydes is 1. The number of para-hydroxylation sites is 1. The van der Waals surface area contributed by atoms with Crippen molar-refractivity contribution in [2.45, 2.75) is 19.1 Å². The van der Waals surface area contributed by atoms with E-state index in [4.69, 9.17) is 0 Å². The minimum atomic E-state index is -4.29. The van der Waals surface area contributed by atoms with E-state index in [1.165, 1.54) is 0 Å². The van der Waals surface area contributed by atoms with E-state index < -0.39 is 12.8 Å². The minimum Gasteiger partial charge on any atom is -0.372 e. The lowest BCUT2D eigenvalue weighted by molar-refractivity contribution is -0.174. The molecule has 0 saturated carbocycles. The molecule has 3 nitrogen and oxygen atoms in total. The lowest BCUT2D eigenvalue weighted by atomic mass is 10.1. The molecule has 2 aromatic rings. The molecule has 0 saturated heterocycles. The molecular weight excluding hydrogens is 271 g/mol. The van der Waals surface area contributed by atoms with Crippen molar-refractivity contribution in [1.29, 1.82) is 0 Å². The van der Waals surface area contributed by atoms with E-state index in [1.807, 2.05) is 22.9 Å². The minimum absolute atomic E-state index is 0.0302. The van der Waals surface area contributed by atoms with Crippen LogP contribution in [0.3, 0.4) is 0 Å². The Labute approximate surface area is 113 Å². The van der Waals surface area contributed by atoms with Gasteiger partial charge < -0.3 is 9.30 Å². The zero-order valence-corrected chi connectivity index (χ0v) is 10.7. The summed E-state index contributed by atoms with van der Waals surface area (Å²) in [6, 6.07) is 7.27. The molecule has 1 heterocycles. The van der Waals surface area contributed by atoms with Crippen molar-refractivity contribution in [3.05, 3.63) is 36.0 Å². The highest BCUT2D eigenvalue weighted by atomic mass is 19.4. The van der Waals surface area contributed by atoms with Crippen molar-refractivity contribution in [2.75, 3.05) is 13.2 Å². The van der Waals surface area contributed by atoms with Gasteiger partial charge in [-0.15, -0.1) is 0 Å². The maximum atomic E-state index is 11.9. The van der Waals surface area contributed by atoms with Gasteiger partial charge in [-0.1, -0.05) is 12.1 Å². The monoisotopic (exact) mass is 285 g/mol. The molecule has 0 radical (unpaired) electrons. The van der Waals surface area contributed by atoms with Gasteiger partial charge in [0.15, 0.2) is 6.29 Å². The van der Waals surface area contributed by atoms with Gasteiger partial charge in [-0.2, -0.15) is 13.2 Å². The Morgan fingerprint density at radius 1 is 1.25 bits per heavy atom. The van der Waals surface area contributed by atoms with Crippen LogP contribution < -0.4 is 0 Å². The number of benzene rings is 1. The number of aromatic nitrogens is 1. The van der Waals surface area contributed by atoms with Gasteiger partial charge in [0.2, 0.25) is 0 Å². The molecule has 0 amide bonds. The summed E-state index contributed by atoms with van der Waals surface area (Å²) in [5.41, 5.74) is 1.38. The van der Waals surface area contributed by atoms with Gasteiger partial charge in [-0.3, -0.25) is 4.79 Å².